The summed E-state index contributed by atoms with van der Waals surface area (Å²) in [5.41, 5.74) is 3.41. The van der Waals surface area contributed by atoms with E-state index in [1.54, 1.807) is 6.07 Å². The maximum absolute atomic E-state index is 15.0. The molecule has 0 amide bonds. The van der Waals surface area contributed by atoms with Gasteiger partial charge in [0.25, 0.3) is 0 Å². The van der Waals surface area contributed by atoms with Gasteiger partial charge in [-0.05, 0) is 38.1 Å². The van der Waals surface area contributed by atoms with Crippen LogP contribution in [0.15, 0.2) is 48.9 Å². The fourth-order valence-electron chi connectivity index (χ4n) is 4.56. The first kappa shape index (κ1) is 23.2. The Morgan fingerprint density at radius 3 is 2.60 bits per heavy atom. The molecule has 3 aromatic rings. The van der Waals surface area contributed by atoms with Crippen LogP contribution in [0.1, 0.15) is 25.4 Å². The van der Waals surface area contributed by atoms with E-state index in [0.717, 1.165) is 43.8 Å². The Labute approximate surface area is 203 Å². The molecule has 35 heavy (non-hydrogen) atoms. The minimum Gasteiger partial charge on any atom is -0.482 e. The quantitative estimate of drug-likeness (QED) is 0.596. The monoisotopic (exact) mass is 478 g/mol. The average molecular weight is 479 g/mol. The molecule has 2 aliphatic rings. The van der Waals surface area contributed by atoms with Crippen LogP contribution in [0.5, 0.6) is 5.75 Å². The minimum atomic E-state index is -0.623. The summed E-state index contributed by atoms with van der Waals surface area (Å²) in [6.45, 7) is 12.0. The smallest absolute Gasteiger partial charge is 0.179 e. The van der Waals surface area contributed by atoms with E-state index in [9.17, 15) is 8.78 Å². The third-order valence-electron chi connectivity index (χ3n) is 6.22. The van der Waals surface area contributed by atoms with Crippen LogP contribution in [0, 0.1) is 11.6 Å². The molecule has 0 radical (unpaired) electrons. The summed E-state index contributed by atoms with van der Waals surface area (Å²) in [5.74, 6) is -0.649. The lowest BCUT2D eigenvalue weighted by Gasteiger charge is -2.36. The van der Waals surface area contributed by atoms with Gasteiger partial charge in [0.2, 0.25) is 0 Å². The minimum absolute atomic E-state index is 0.0286. The van der Waals surface area contributed by atoms with Crippen molar-refractivity contribution in [1.82, 2.24) is 20.3 Å². The van der Waals surface area contributed by atoms with Crippen molar-refractivity contribution in [3.63, 3.8) is 0 Å². The molecule has 1 fully saturated rings. The second-order valence-electron chi connectivity index (χ2n) is 9.03. The summed E-state index contributed by atoms with van der Waals surface area (Å²) in [4.78, 5) is 17.3. The Morgan fingerprint density at radius 2 is 1.89 bits per heavy atom. The molecule has 4 heterocycles. The molecule has 0 saturated carbocycles. The summed E-state index contributed by atoms with van der Waals surface area (Å²) in [6.07, 6.45) is 3.30. The molecule has 9 heteroatoms. The fourth-order valence-corrected chi connectivity index (χ4v) is 4.56. The SMILES string of the molecule is C=C1COc2c(F)cc(-c3nc(Cc4ccc(N5CCNCC5)cn4)ncc3F)cc2N1C(C)C. The molecule has 7 nitrogen and oxygen atoms in total. The molecule has 1 N–H and O–H groups in total. The van der Waals surface area contributed by atoms with Crippen LogP contribution in [-0.4, -0.2) is 53.8 Å². The van der Waals surface area contributed by atoms with Gasteiger partial charge in [-0.3, -0.25) is 4.98 Å². The van der Waals surface area contributed by atoms with Crippen LogP contribution in [0.4, 0.5) is 20.2 Å². The lowest BCUT2D eigenvalue weighted by molar-refractivity contribution is 0.314. The Hall–Kier alpha value is -3.59. The number of nitrogens with one attached hydrogen (secondary N) is 1. The molecule has 0 atom stereocenters. The Morgan fingerprint density at radius 1 is 1.09 bits per heavy atom. The number of halogens is 2. The van der Waals surface area contributed by atoms with Crippen LogP contribution in [-0.2, 0) is 6.42 Å². The number of benzene rings is 1. The number of nitrogens with zero attached hydrogens (tertiary/aromatic N) is 5. The van der Waals surface area contributed by atoms with E-state index < -0.39 is 11.6 Å². The fraction of sp³-hybridized carbons (Fsp3) is 0.346. The van der Waals surface area contributed by atoms with Gasteiger partial charge in [0.05, 0.1) is 30.2 Å². The van der Waals surface area contributed by atoms with Gasteiger partial charge in [0, 0.05) is 49.2 Å². The van der Waals surface area contributed by atoms with Crippen molar-refractivity contribution in [2.24, 2.45) is 0 Å². The molecule has 1 saturated heterocycles. The van der Waals surface area contributed by atoms with E-state index in [1.165, 1.54) is 6.07 Å². The van der Waals surface area contributed by atoms with Gasteiger partial charge in [-0.25, -0.2) is 18.7 Å². The van der Waals surface area contributed by atoms with Gasteiger partial charge in [-0.1, -0.05) is 6.58 Å². The van der Waals surface area contributed by atoms with E-state index in [1.807, 2.05) is 37.1 Å². The zero-order chi connectivity index (χ0) is 24.5. The number of rotatable bonds is 5. The number of hydrogen-bond acceptors (Lipinski definition) is 7. The molecule has 5 rings (SSSR count). The van der Waals surface area contributed by atoms with Gasteiger partial charge in [-0.15, -0.1) is 0 Å². The zero-order valence-electron chi connectivity index (χ0n) is 19.9. The third-order valence-corrected chi connectivity index (χ3v) is 6.22. The van der Waals surface area contributed by atoms with Gasteiger partial charge in [0.1, 0.15) is 18.1 Å². The summed E-state index contributed by atoms with van der Waals surface area (Å²) in [5, 5.41) is 3.34. The lowest BCUT2D eigenvalue weighted by atomic mass is 10.1. The van der Waals surface area contributed by atoms with E-state index in [2.05, 4.69) is 31.7 Å². The van der Waals surface area contributed by atoms with Crippen molar-refractivity contribution in [3.8, 4) is 17.0 Å². The first-order valence-corrected chi connectivity index (χ1v) is 11.8. The van der Waals surface area contributed by atoms with E-state index in [-0.39, 0.29) is 24.1 Å². The zero-order valence-corrected chi connectivity index (χ0v) is 19.9. The normalized spacial score (nSPS) is 15.9. The summed E-state index contributed by atoms with van der Waals surface area (Å²) < 4.78 is 35.4. The molecule has 2 aliphatic heterocycles. The number of ether oxygens (including phenoxy) is 1. The van der Waals surface area contributed by atoms with Crippen LogP contribution >= 0.6 is 0 Å². The molecule has 1 aromatic carbocycles. The molecule has 0 unspecified atom stereocenters. The maximum atomic E-state index is 15.0. The Kier molecular flexibility index (Phi) is 6.34. The highest BCUT2D eigenvalue weighted by atomic mass is 19.1. The van der Waals surface area contributed by atoms with Crippen molar-refractivity contribution in [2.75, 3.05) is 42.6 Å². The van der Waals surface area contributed by atoms with Gasteiger partial charge < -0.3 is 19.9 Å². The third kappa shape index (κ3) is 4.68. The first-order valence-electron chi connectivity index (χ1n) is 11.8. The summed E-state index contributed by atoms with van der Waals surface area (Å²) in [6, 6.07) is 6.94. The second kappa shape index (κ2) is 9.58. The van der Waals surface area contributed by atoms with Gasteiger partial charge in [0.15, 0.2) is 17.4 Å². The van der Waals surface area contributed by atoms with Crippen LogP contribution < -0.4 is 19.9 Å². The standard InChI is InChI=1S/C26H28F2N6O/c1-16(2)34-17(3)15-35-26-21(27)10-18(11-23(26)34)25-22(28)14-31-24(32-25)12-19-4-5-20(13-30-19)33-8-6-29-7-9-33/h4-5,10-11,13-14,16,29H,3,6-9,12,15H2,1-2H3. The largest absolute Gasteiger partial charge is 0.482 e. The van der Waals surface area contributed by atoms with Crippen LogP contribution in [0.3, 0.4) is 0 Å². The number of hydrogen-bond donors (Lipinski definition) is 1. The molecule has 0 aliphatic carbocycles. The average Bonchev–Trinajstić information content (AvgIpc) is 2.85. The molecule has 182 valence electrons. The van der Waals surface area contributed by atoms with Crippen molar-refractivity contribution < 1.29 is 13.5 Å². The molecule has 0 spiro atoms. The summed E-state index contributed by atoms with van der Waals surface area (Å²) >= 11 is 0. The molecule has 2 aromatic heterocycles. The number of piperazine rings is 1. The number of anilines is 2. The first-order chi connectivity index (χ1) is 16.9. The lowest BCUT2D eigenvalue weighted by Crippen LogP contribution is -2.43. The molecular weight excluding hydrogens is 450 g/mol. The Balaban J connectivity index is 1.43. The summed E-state index contributed by atoms with van der Waals surface area (Å²) in [7, 11) is 0. The van der Waals surface area contributed by atoms with Crippen molar-refractivity contribution in [1.29, 1.82) is 0 Å². The highest BCUT2D eigenvalue weighted by molar-refractivity contribution is 5.74. The Bertz CT molecular complexity index is 1240. The van der Waals surface area contributed by atoms with E-state index in [0.29, 0.717) is 29.2 Å². The highest BCUT2D eigenvalue weighted by Crippen LogP contribution is 2.41. The van der Waals surface area contributed by atoms with Gasteiger partial charge >= 0.3 is 0 Å². The van der Waals surface area contributed by atoms with Crippen molar-refractivity contribution >= 4 is 11.4 Å². The van der Waals surface area contributed by atoms with Crippen LogP contribution in [0.25, 0.3) is 11.3 Å². The topological polar surface area (TPSA) is 66.4 Å². The number of fused-ring (bicyclic) bond motifs is 1. The number of pyridine rings is 1. The van der Waals surface area contributed by atoms with Crippen LogP contribution in [0.2, 0.25) is 0 Å². The predicted octanol–water partition coefficient (Wildman–Crippen LogP) is 3.94. The predicted molar refractivity (Wildman–Crippen MR) is 132 cm³/mol. The van der Waals surface area contributed by atoms with Crippen molar-refractivity contribution in [2.45, 2.75) is 26.3 Å². The van der Waals surface area contributed by atoms with Gasteiger partial charge in [-0.2, -0.15) is 0 Å². The highest BCUT2D eigenvalue weighted by Gasteiger charge is 2.28. The number of aromatic nitrogens is 3. The second-order valence-corrected chi connectivity index (χ2v) is 9.03. The van der Waals surface area contributed by atoms with E-state index >= 15 is 0 Å². The molecule has 0 bridgehead atoms. The molecular formula is C26H28F2N6O. The van der Waals surface area contributed by atoms with E-state index in [4.69, 9.17) is 4.74 Å². The van der Waals surface area contributed by atoms with Crippen molar-refractivity contribution in [3.05, 3.63) is 72.1 Å². The maximum Gasteiger partial charge on any atom is 0.179 e.